The van der Waals surface area contributed by atoms with Crippen molar-refractivity contribution in [2.75, 3.05) is 12.8 Å². The molecule has 5 rings (SSSR count). The summed E-state index contributed by atoms with van der Waals surface area (Å²) in [6.07, 6.45) is 1.74. The highest BCUT2D eigenvalue weighted by Crippen LogP contribution is 2.46. The first-order chi connectivity index (χ1) is 14.4. The number of hydrogen-bond donors (Lipinski definition) is 2. The number of carbonyl (C=O) groups excluding carboxylic acids is 1. The fourth-order valence-electron chi connectivity index (χ4n) is 4.40. The van der Waals surface area contributed by atoms with E-state index in [-0.39, 0.29) is 17.9 Å². The predicted octanol–water partition coefficient (Wildman–Crippen LogP) is 1.92. The Hall–Kier alpha value is -3.50. The van der Waals surface area contributed by atoms with E-state index in [2.05, 4.69) is 26.8 Å². The Morgan fingerprint density at radius 1 is 1.20 bits per heavy atom. The van der Waals surface area contributed by atoms with Gasteiger partial charge in [0.25, 0.3) is 5.91 Å². The van der Waals surface area contributed by atoms with E-state index in [1.807, 2.05) is 36.4 Å². The summed E-state index contributed by atoms with van der Waals surface area (Å²) in [4.78, 5) is 27.3. The van der Waals surface area contributed by atoms with Gasteiger partial charge in [-0.15, -0.1) is 0 Å². The third kappa shape index (κ3) is 2.72. The van der Waals surface area contributed by atoms with Gasteiger partial charge in [-0.05, 0) is 44.0 Å². The predicted molar refractivity (Wildman–Crippen MR) is 113 cm³/mol. The van der Waals surface area contributed by atoms with E-state index in [9.17, 15) is 9.90 Å². The molecule has 2 unspecified atom stereocenters. The van der Waals surface area contributed by atoms with Gasteiger partial charge in [-0.1, -0.05) is 24.0 Å². The summed E-state index contributed by atoms with van der Waals surface area (Å²) in [5, 5.41) is 10.9. The number of aliphatic hydroxyl groups is 1. The molecule has 3 N–H and O–H groups in total. The molecule has 150 valence electrons. The first-order valence-electron chi connectivity index (χ1n) is 9.91. The quantitative estimate of drug-likeness (QED) is 0.606. The van der Waals surface area contributed by atoms with Gasteiger partial charge in [-0.25, -0.2) is 15.0 Å². The van der Waals surface area contributed by atoms with Crippen molar-refractivity contribution in [3.63, 3.8) is 0 Å². The Balaban J connectivity index is 1.50. The molecule has 1 aliphatic carbocycles. The molecule has 2 aliphatic rings. The van der Waals surface area contributed by atoms with Crippen LogP contribution in [0, 0.1) is 24.7 Å². The first kappa shape index (κ1) is 18.5. The van der Waals surface area contributed by atoms with Crippen molar-refractivity contribution in [3.8, 4) is 23.1 Å². The highest BCUT2D eigenvalue weighted by molar-refractivity contribution is 5.92. The molecule has 3 aromatic rings. The summed E-state index contributed by atoms with van der Waals surface area (Å²) in [5.74, 6) is 6.40. The lowest BCUT2D eigenvalue weighted by molar-refractivity contribution is -0.138. The van der Waals surface area contributed by atoms with Gasteiger partial charge >= 0.3 is 0 Å². The fourth-order valence-corrected chi connectivity index (χ4v) is 4.40. The van der Waals surface area contributed by atoms with Crippen LogP contribution in [0.25, 0.3) is 22.3 Å². The largest absolute Gasteiger partial charge is 0.382 e. The van der Waals surface area contributed by atoms with Gasteiger partial charge in [-0.2, -0.15) is 0 Å². The van der Waals surface area contributed by atoms with Crippen molar-refractivity contribution in [1.82, 2.24) is 19.9 Å². The number of fused-ring (bicyclic) bond motifs is 2. The molecular weight excluding hydrogens is 378 g/mol. The van der Waals surface area contributed by atoms with E-state index < -0.39 is 5.60 Å². The van der Waals surface area contributed by atoms with Crippen LogP contribution >= 0.6 is 0 Å². The summed E-state index contributed by atoms with van der Waals surface area (Å²) in [5.41, 5.74) is 7.95. The molecular formula is C23H21N5O2. The van der Waals surface area contributed by atoms with Crippen molar-refractivity contribution >= 4 is 22.8 Å². The topological polar surface area (TPSA) is 105 Å². The summed E-state index contributed by atoms with van der Waals surface area (Å²) < 4.78 is 0. The third-order valence-corrected chi connectivity index (χ3v) is 6.16. The summed E-state index contributed by atoms with van der Waals surface area (Å²) in [7, 11) is 1.74. The van der Waals surface area contributed by atoms with Crippen molar-refractivity contribution < 1.29 is 9.90 Å². The van der Waals surface area contributed by atoms with E-state index in [4.69, 9.17) is 5.73 Å². The van der Waals surface area contributed by atoms with Crippen LogP contribution < -0.4 is 5.73 Å². The number of aryl methyl sites for hydroxylation is 1. The van der Waals surface area contributed by atoms with Gasteiger partial charge in [0.2, 0.25) is 5.60 Å². The second kappa shape index (κ2) is 6.51. The highest BCUT2D eigenvalue weighted by Gasteiger charge is 2.60. The average molecular weight is 399 g/mol. The van der Waals surface area contributed by atoms with Gasteiger partial charge in [0.05, 0.1) is 11.2 Å². The van der Waals surface area contributed by atoms with Crippen LogP contribution in [0.3, 0.4) is 0 Å². The number of anilines is 1. The van der Waals surface area contributed by atoms with Gasteiger partial charge in [0, 0.05) is 30.1 Å². The van der Waals surface area contributed by atoms with Gasteiger partial charge in [-0.3, -0.25) is 4.79 Å². The van der Waals surface area contributed by atoms with E-state index >= 15 is 0 Å². The van der Waals surface area contributed by atoms with Crippen LogP contribution in [0.5, 0.6) is 0 Å². The van der Waals surface area contributed by atoms with Crippen LogP contribution in [-0.4, -0.2) is 49.6 Å². The van der Waals surface area contributed by atoms with Crippen LogP contribution in [-0.2, 0) is 4.79 Å². The zero-order valence-electron chi connectivity index (χ0n) is 16.8. The molecule has 1 aromatic carbocycles. The highest BCUT2D eigenvalue weighted by atomic mass is 16.3. The molecule has 7 nitrogen and oxygen atoms in total. The number of rotatable bonds is 1. The van der Waals surface area contributed by atoms with Gasteiger partial charge < -0.3 is 15.7 Å². The van der Waals surface area contributed by atoms with Crippen molar-refractivity contribution in [3.05, 3.63) is 47.8 Å². The van der Waals surface area contributed by atoms with Crippen molar-refractivity contribution in [2.24, 2.45) is 5.92 Å². The summed E-state index contributed by atoms with van der Waals surface area (Å²) >= 11 is 0. The lowest BCUT2D eigenvalue weighted by Crippen LogP contribution is -2.44. The van der Waals surface area contributed by atoms with Gasteiger partial charge in [0.15, 0.2) is 5.82 Å². The molecule has 0 bridgehead atoms. The van der Waals surface area contributed by atoms with Crippen LogP contribution in [0.2, 0.25) is 0 Å². The van der Waals surface area contributed by atoms with Crippen LogP contribution in [0.15, 0.2) is 36.4 Å². The second-order valence-corrected chi connectivity index (χ2v) is 7.98. The molecule has 1 amide bonds. The van der Waals surface area contributed by atoms with Crippen molar-refractivity contribution in [2.45, 2.75) is 31.4 Å². The number of nitrogens with zero attached hydrogens (tertiary/aromatic N) is 4. The zero-order valence-corrected chi connectivity index (χ0v) is 16.8. The molecule has 3 heterocycles. The molecule has 1 saturated heterocycles. The standard InChI is InChI=1S/C23H21N5O2/c1-13-25-18-8-7-17(27-20(18)21(24)26-13)15-5-3-4-14(12-15)10-11-23(30)16-6-9-19(16)28(2)22(23)29/h3-5,7-8,12,16,19,30H,6,9H2,1-2H3,(H2,24,25,26)/t16?,19?,23-/m0/s1. The minimum atomic E-state index is -1.60. The Kier molecular flexibility index (Phi) is 4.02. The number of nitrogen functional groups attached to an aromatic ring is 1. The SMILES string of the molecule is Cc1nc(N)c2nc(-c3cccc(C#C[C@@]4(O)C(=O)N(C)C5CCC54)c3)ccc2n1. The number of benzene rings is 1. The molecule has 7 heteroatoms. The maximum absolute atomic E-state index is 12.5. The Morgan fingerprint density at radius 2 is 2.03 bits per heavy atom. The normalized spacial score (nSPS) is 24.9. The van der Waals surface area contributed by atoms with Crippen LogP contribution in [0.4, 0.5) is 5.82 Å². The van der Waals surface area contributed by atoms with E-state index in [1.54, 1.807) is 18.9 Å². The Labute approximate surface area is 174 Å². The van der Waals surface area contributed by atoms with Crippen LogP contribution in [0.1, 0.15) is 24.2 Å². The molecule has 0 spiro atoms. The second-order valence-electron chi connectivity index (χ2n) is 7.98. The maximum atomic E-state index is 12.5. The van der Waals surface area contributed by atoms with E-state index in [0.29, 0.717) is 28.2 Å². The number of likely N-dealkylation sites (N-methyl/N-ethyl adjacent to an activating group) is 1. The summed E-state index contributed by atoms with van der Waals surface area (Å²) in [6.45, 7) is 1.79. The molecule has 3 atom stereocenters. The molecule has 30 heavy (non-hydrogen) atoms. The number of likely N-dealkylation sites (tertiary alicyclic amines) is 1. The number of pyridine rings is 1. The van der Waals surface area contributed by atoms with E-state index in [1.165, 1.54) is 0 Å². The Morgan fingerprint density at radius 3 is 2.77 bits per heavy atom. The first-order valence-corrected chi connectivity index (χ1v) is 9.91. The maximum Gasteiger partial charge on any atom is 0.267 e. The number of amides is 1. The number of nitrogens with two attached hydrogens (primary N) is 1. The zero-order chi connectivity index (χ0) is 21.0. The molecule has 2 aromatic heterocycles. The Bertz CT molecular complexity index is 1260. The molecule has 0 radical (unpaired) electrons. The minimum absolute atomic E-state index is 0.0984. The van der Waals surface area contributed by atoms with Gasteiger partial charge in [0.1, 0.15) is 11.3 Å². The minimum Gasteiger partial charge on any atom is -0.382 e. The smallest absolute Gasteiger partial charge is 0.267 e. The fraction of sp³-hybridized carbons (Fsp3) is 0.304. The average Bonchev–Trinajstić information content (AvgIpc) is 2.82. The monoisotopic (exact) mass is 399 g/mol. The molecule has 1 saturated carbocycles. The lowest BCUT2D eigenvalue weighted by Gasteiger charge is -2.35. The molecule has 2 fully saturated rings. The number of hydrogen-bond acceptors (Lipinski definition) is 6. The molecule has 1 aliphatic heterocycles. The van der Waals surface area contributed by atoms with E-state index in [0.717, 1.165) is 24.1 Å². The summed E-state index contributed by atoms with van der Waals surface area (Å²) in [6, 6.07) is 11.4. The lowest BCUT2D eigenvalue weighted by atomic mass is 9.72. The van der Waals surface area contributed by atoms with Crippen molar-refractivity contribution in [1.29, 1.82) is 0 Å². The number of carbonyl (C=O) groups is 1. The number of aromatic nitrogens is 3. The third-order valence-electron chi connectivity index (χ3n) is 6.16.